The first-order valence-corrected chi connectivity index (χ1v) is 10.1. The van der Waals surface area contributed by atoms with Crippen LogP contribution in [0.5, 0.6) is 17.2 Å². The summed E-state index contributed by atoms with van der Waals surface area (Å²) >= 11 is 0. The van der Waals surface area contributed by atoms with Crippen LogP contribution in [0.15, 0.2) is 17.1 Å². The number of hydrogen-bond donors (Lipinski definition) is 1. The molecule has 8 nitrogen and oxygen atoms in total. The van der Waals surface area contributed by atoms with E-state index in [1.807, 2.05) is 26.0 Å². The second kappa shape index (κ2) is 11.4. The maximum absolute atomic E-state index is 12.2. The maximum Gasteiger partial charge on any atom is 0.310 e. The molecule has 1 atom stereocenters. The Morgan fingerprint density at radius 3 is 2.41 bits per heavy atom. The molecular formula is C21H33N3O5. The van der Waals surface area contributed by atoms with Gasteiger partial charge in [0.25, 0.3) is 0 Å². The quantitative estimate of drug-likeness (QED) is 0.403. The van der Waals surface area contributed by atoms with Gasteiger partial charge in [0.1, 0.15) is 0 Å². The number of likely N-dealkylation sites (tertiary alicyclic amines) is 1. The number of hydrogen-bond acceptors (Lipinski definition) is 6. The minimum absolute atomic E-state index is 0.117. The van der Waals surface area contributed by atoms with Gasteiger partial charge < -0.3 is 29.2 Å². The molecule has 1 saturated heterocycles. The summed E-state index contributed by atoms with van der Waals surface area (Å²) < 4.78 is 21.4. The number of rotatable bonds is 8. The van der Waals surface area contributed by atoms with Crippen molar-refractivity contribution in [2.45, 2.75) is 33.2 Å². The normalized spacial score (nSPS) is 16.9. The number of piperidine rings is 1. The monoisotopic (exact) mass is 407 g/mol. The van der Waals surface area contributed by atoms with Gasteiger partial charge in [-0.1, -0.05) is 0 Å². The van der Waals surface area contributed by atoms with Crippen molar-refractivity contribution in [1.29, 1.82) is 0 Å². The Morgan fingerprint density at radius 1 is 1.17 bits per heavy atom. The van der Waals surface area contributed by atoms with E-state index in [4.69, 9.17) is 23.9 Å². The average Bonchev–Trinajstić information content (AvgIpc) is 2.75. The van der Waals surface area contributed by atoms with Crippen molar-refractivity contribution in [3.05, 3.63) is 17.7 Å². The number of aliphatic imine (C=N–C) groups is 1. The zero-order valence-electron chi connectivity index (χ0n) is 18.1. The van der Waals surface area contributed by atoms with Crippen LogP contribution >= 0.6 is 0 Å². The third-order valence-corrected chi connectivity index (χ3v) is 4.81. The average molecular weight is 408 g/mol. The van der Waals surface area contributed by atoms with Crippen molar-refractivity contribution in [2.75, 3.05) is 47.6 Å². The molecule has 0 aromatic heterocycles. The van der Waals surface area contributed by atoms with E-state index < -0.39 is 0 Å². The summed E-state index contributed by atoms with van der Waals surface area (Å²) in [7, 11) is 4.77. The number of methoxy groups -OCH3 is 3. The van der Waals surface area contributed by atoms with Crippen molar-refractivity contribution < 1.29 is 23.7 Å². The molecule has 1 aromatic rings. The first-order chi connectivity index (χ1) is 14.1. The summed E-state index contributed by atoms with van der Waals surface area (Å²) in [6.07, 6.45) is 1.78. The lowest BCUT2D eigenvalue weighted by Crippen LogP contribution is -2.48. The fourth-order valence-electron chi connectivity index (χ4n) is 3.44. The topological polar surface area (TPSA) is 81.6 Å². The summed E-state index contributed by atoms with van der Waals surface area (Å²) in [5.74, 6) is 2.30. The number of carbonyl (C=O) groups is 1. The third-order valence-electron chi connectivity index (χ3n) is 4.81. The Balaban J connectivity index is 2.19. The van der Waals surface area contributed by atoms with Crippen LogP contribution in [0.3, 0.4) is 0 Å². The predicted octanol–water partition coefficient (Wildman–Crippen LogP) is 2.45. The number of benzene rings is 1. The molecule has 0 amide bonds. The highest BCUT2D eigenvalue weighted by Crippen LogP contribution is 2.38. The summed E-state index contributed by atoms with van der Waals surface area (Å²) in [4.78, 5) is 19.1. The first-order valence-electron chi connectivity index (χ1n) is 10.1. The molecule has 0 spiro atoms. The van der Waals surface area contributed by atoms with E-state index in [1.54, 1.807) is 21.3 Å². The number of guanidine groups is 1. The van der Waals surface area contributed by atoms with Crippen LogP contribution in [0.2, 0.25) is 0 Å². The Labute approximate surface area is 173 Å². The lowest BCUT2D eigenvalue weighted by atomic mass is 9.98. The van der Waals surface area contributed by atoms with Gasteiger partial charge in [-0.05, 0) is 44.4 Å². The van der Waals surface area contributed by atoms with Gasteiger partial charge in [-0.2, -0.15) is 0 Å². The highest BCUT2D eigenvalue weighted by Gasteiger charge is 2.28. The second-order valence-electron chi connectivity index (χ2n) is 6.74. The molecule has 29 heavy (non-hydrogen) atoms. The van der Waals surface area contributed by atoms with Crippen molar-refractivity contribution in [2.24, 2.45) is 10.9 Å². The van der Waals surface area contributed by atoms with Crippen LogP contribution in [-0.2, 0) is 16.1 Å². The van der Waals surface area contributed by atoms with Crippen LogP contribution in [0.4, 0.5) is 0 Å². The van der Waals surface area contributed by atoms with E-state index in [0.29, 0.717) is 36.9 Å². The van der Waals surface area contributed by atoms with Crippen LogP contribution in [0.25, 0.3) is 0 Å². The van der Waals surface area contributed by atoms with Gasteiger partial charge in [-0.15, -0.1) is 0 Å². The van der Waals surface area contributed by atoms with Gasteiger partial charge >= 0.3 is 5.97 Å². The Hall–Kier alpha value is -2.64. The molecule has 162 valence electrons. The number of nitrogens with one attached hydrogen (secondary N) is 1. The van der Waals surface area contributed by atoms with E-state index in [0.717, 1.165) is 37.5 Å². The largest absolute Gasteiger partial charge is 0.493 e. The predicted molar refractivity (Wildman–Crippen MR) is 112 cm³/mol. The van der Waals surface area contributed by atoms with Gasteiger partial charge in [0, 0.05) is 19.6 Å². The fraction of sp³-hybridized carbons (Fsp3) is 0.619. The Bertz CT molecular complexity index is 683. The number of carbonyl (C=O) groups excluding carboxylic acids is 1. The molecule has 2 rings (SSSR count). The number of esters is 1. The van der Waals surface area contributed by atoms with E-state index in [-0.39, 0.29) is 11.9 Å². The minimum atomic E-state index is -0.127. The third kappa shape index (κ3) is 5.92. The van der Waals surface area contributed by atoms with E-state index in [9.17, 15) is 4.79 Å². The van der Waals surface area contributed by atoms with Crippen molar-refractivity contribution >= 4 is 11.9 Å². The second-order valence-corrected chi connectivity index (χ2v) is 6.74. The SMILES string of the molecule is CCNC(=NCc1cc(OC)c(OC)c(OC)c1)N1CCCC(C(=O)OCC)C1. The van der Waals surface area contributed by atoms with Gasteiger partial charge in [0.2, 0.25) is 5.75 Å². The summed E-state index contributed by atoms with van der Waals surface area (Å²) in [6, 6.07) is 3.79. The van der Waals surface area contributed by atoms with E-state index in [2.05, 4.69) is 10.2 Å². The first kappa shape index (κ1) is 22.6. The lowest BCUT2D eigenvalue weighted by Gasteiger charge is -2.34. The molecule has 1 N–H and O–H groups in total. The van der Waals surface area contributed by atoms with Crippen molar-refractivity contribution in [1.82, 2.24) is 10.2 Å². The molecule has 1 heterocycles. The molecule has 1 unspecified atom stereocenters. The summed E-state index contributed by atoms with van der Waals surface area (Å²) in [5, 5.41) is 3.33. The highest BCUT2D eigenvalue weighted by molar-refractivity contribution is 5.81. The summed E-state index contributed by atoms with van der Waals surface area (Å²) in [5.41, 5.74) is 0.939. The van der Waals surface area contributed by atoms with Crippen LogP contribution in [0, 0.1) is 5.92 Å². The number of nitrogens with zero attached hydrogens (tertiary/aromatic N) is 2. The fourth-order valence-corrected chi connectivity index (χ4v) is 3.44. The molecule has 1 fully saturated rings. The molecule has 0 saturated carbocycles. The lowest BCUT2D eigenvalue weighted by molar-refractivity contribution is -0.149. The molecule has 0 radical (unpaired) electrons. The van der Waals surface area contributed by atoms with E-state index >= 15 is 0 Å². The van der Waals surface area contributed by atoms with E-state index in [1.165, 1.54) is 0 Å². The van der Waals surface area contributed by atoms with Crippen molar-refractivity contribution in [3.63, 3.8) is 0 Å². The van der Waals surface area contributed by atoms with Crippen molar-refractivity contribution in [3.8, 4) is 17.2 Å². The van der Waals surface area contributed by atoms with Gasteiger partial charge in [0.15, 0.2) is 17.5 Å². The zero-order valence-corrected chi connectivity index (χ0v) is 18.1. The molecule has 0 aliphatic carbocycles. The number of ether oxygens (including phenoxy) is 4. The Morgan fingerprint density at radius 2 is 1.86 bits per heavy atom. The zero-order chi connectivity index (χ0) is 21.2. The molecule has 1 aliphatic heterocycles. The molecule has 1 aromatic carbocycles. The summed E-state index contributed by atoms with van der Waals surface area (Å²) in [6.45, 7) is 6.93. The van der Waals surface area contributed by atoms with Crippen LogP contribution in [-0.4, -0.2) is 64.4 Å². The Kier molecular flexibility index (Phi) is 8.89. The maximum atomic E-state index is 12.2. The molecular weight excluding hydrogens is 374 g/mol. The van der Waals surface area contributed by atoms with Gasteiger partial charge in [0.05, 0.1) is 40.4 Å². The molecule has 8 heteroatoms. The molecule has 1 aliphatic rings. The van der Waals surface area contributed by atoms with Crippen LogP contribution in [0.1, 0.15) is 32.3 Å². The van der Waals surface area contributed by atoms with Gasteiger partial charge in [-0.3, -0.25) is 4.79 Å². The van der Waals surface area contributed by atoms with Gasteiger partial charge in [-0.25, -0.2) is 4.99 Å². The van der Waals surface area contributed by atoms with Crippen LogP contribution < -0.4 is 19.5 Å². The standard InChI is InChI=1S/C21H33N3O5/c1-6-22-21(24-10-8-9-16(14-24)20(25)29-7-2)23-13-15-11-17(26-3)19(28-5)18(12-15)27-4/h11-12,16H,6-10,13-14H2,1-5H3,(H,22,23). The minimum Gasteiger partial charge on any atom is -0.493 e. The smallest absolute Gasteiger partial charge is 0.310 e. The molecule has 0 bridgehead atoms. The highest BCUT2D eigenvalue weighted by atomic mass is 16.5.